The van der Waals surface area contributed by atoms with Crippen molar-refractivity contribution in [2.45, 2.75) is 44.6 Å². The number of piperidine rings is 3. The topological polar surface area (TPSA) is 32.3 Å². The summed E-state index contributed by atoms with van der Waals surface area (Å²) in [5.74, 6) is 1.43. The zero-order valence-electron chi connectivity index (χ0n) is 9.95. The van der Waals surface area contributed by atoms with Gasteiger partial charge in [-0.15, -0.1) is 0 Å². The SMILES string of the molecule is O=C(NC1CN2CCC1CC2)C1CCCC1. The van der Waals surface area contributed by atoms with Crippen LogP contribution in [0.25, 0.3) is 0 Å². The molecule has 3 nitrogen and oxygen atoms in total. The van der Waals surface area contributed by atoms with Crippen LogP contribution < -0.4 is 5.32 Å². The summed E-state index contributed by atoms with van der Waals surface area (Å²) in [5, 5.41) is 3.31. The summed E-state index contributed by atoms with van der Waals surface area (Å²) in [4.78, 5) is 14.6. The Morgan fingerprint density at radius 3 is 2.31 bits per heavy atom. The highest BCUT2D eigenvalue weighted by Crippen LogP contribution is 2.29. The molecular formula is C13H22N2O. The van der Waals surface area contributed by atoms with Crippen LogP contribution in [0, 0.1) is 11.8 Å². The van der Waals surface area contributed by atoms with Gasteiger partial charge in [0.2, 0.25) is 5.91 Å². The Hall–Kier alpha value is -0.570. The number of hydrogen-bond acceptors (Lipinski definition) is 2. The first kappa shape index (κ1) is 10.6. The second-order valence-electron chi connectivity index (χ2n) is 5.73. The molecular weight excluding hydrogens is 200 g/mol. The summed E-state index contributed by atoms with van der Waals surface area (Å²) in [7, 11) is 0. The van der Waals surface area contributed by atoms with Gasteiger partial charge in [-0.1, -0.05) is 12.8 Å². The Bertz CT molecular complexity index is 265. The molecule has 1 aliphatic carbocycles. The highest BCUT2D eigenvalue weighted by atomic mass is 16.2. The molecule has 4 aliphatic rings. The maximum absolute atomic E-state index is 12.1. The van der Waals surface area contributed by atoms with E-state index in [9.17, 15) is 4.79 Å². The van der Waals surface area contributed by atoms with Crippen molar-refractivity contribution in [3.05, 3.63) is 0 Å². The minimum atomic E-state index is 0.329. The summed E-state index contributed by atoms with van der Waals surface area (Å²) in [6, 6.07) is 0.454. The van der Waals surface area contributed by atoms with E-state index >= 15 is 0 Å². The fraction of sp³-hybridized carbons (Fsp3) is 0.923. The van der Waals surface area contributed by atoms with Crippen LogP contribution in [0.5, 0.6) is 0 Å². The first-order valence-electron chi connectivity index (χ1n) is 6.85. The predicted octanol–water partition coefficient (Wildman–Crippen LogP) is 1.39. The number of fused-ring (bicyclic) bond motifs is 3. The van der Waals surface area contributed by atoms with Crippen LogP contribution in [0.2, 0.25) is 0 Å². The highest BCUT2D eigenvalue weighted by molar-refractivity contribution is 5.79. The van der Waals surface area contributed by atoms with Gasteiger partial charge in [-0.2, -0.15) is 0 Å². The third-order valence-electron chi connectivity index (χ3n) is 4.71. The van der Waals surface area contributed by atoms with E-state index < -0.39 is 0 Å². The van der Waals surface area contributed by atoms with E-state index in [1.54, 1.807) is 0 Å². The summed E-state index contributed by atoms with van der Waals surface area (Å²) in [6.45, 7) is 3.60. The lowest BCUT2D eigenvalue weighted by molar-refractivity contribution is -0.126. The minimum absolute atomic E-state index is 0.329. The third kappa shape index (κ3) is 1.97. The van der Waals surface area contributed by atoms with E-state index in [1.807, 2.05) is 0 Å². The largest absolute Gasteiger partial charge is 0.352 e. The smallest absolute Gasteiger partial charge is 0.223 e. The van der Waals surface area contributed by atoms with Crippen molar-refractivity contribution < 1.29 is 4.79 Å². The molecule has 1 atom stereocenters. The number of carbonyl (C=O) groups excluding carboxylic acids is 1. The summed E-state index contributed by atoms with van der Waals surface area (Å²) in [5.41, 5.74) is 0. The molecule has 16 heavy (non-hydrogen) atoms. The fourth-order valence-electron chi connectivity index (χ4n) is 3.62. The molecule has 4 rings (SSSR count). The van der Waals surface area contributed by atoms with E-state index in [0.717, 1.165) is 25.3 Å². The van der Waals surface area contributed by atoms with Gasteiger partial charge in [0.1, 0.15) is 0 Å². The highest BCUT2D eigenvalue weighted by Gasteiger charge is 2.36. The Kier molecular flexibility index (Phi) is 2.88. The lowest BCUT2D eigenvalue weighted by atomic mass is 9.84. The summed E-state index contributed by atoms with van der Waals surface area (Å²) >= 11 is 0. The van der Waals surface area contributed by atoms with Gasteiger partial charge >= 0.3 is 0 Å². The maximum atomic E-state index is 12.1. The van der Waals surface area contributed by atoms with Crippen molar-refractivity contribution in [1.29, 1.82) is 0 Å². The van der Waals surface area contributed by atoms with Gasteiger partial charge in [-0.05, 0) is 44.7 Å². The Labute approximate surface area is 97.6 Å². The van der Waals surface area contributed by atoms with Gasteiger partial charge in [0.25, 0.3) is 0 Å². The normalized spacial score (nSPS) is 38.9. The second-order valence-corrected chi connectivity index (χ2v) is 5.73. The number of hydrogen-bond donors (Lipinski definition) is 1. The molecule has 4 fully saturated rings. The summed E-state index contributed by atoms with van der Waals surface area (Å²) in [6.07, 6.45) is 7.31. The van der Waals surface area contributed by atoms with Crippen molar-refractivity contribution in [1.82, 2.24) is 10.2 Å². The van der Waals surface area contributed by atoms with Gasteiger partial charge in [-0.3, -0.25) is 4.79 Å². The molecule has 3 saturated heterocycles. The number of amides is 1. The zero-order chi connectivity index (χ0) is 11.0. The quantitative estimate of drug-likeness (QED) is 0.765. The molecule has 0 spiro atoms. The van der Waals surface area contributed by atoms with Crippen molar-refractivity contribution in [3.8, 4) is 0 Å². The van der Waals surface area contributed by atoms with Crippen LogP contribution in [-0.4, -0.2) is 36.5 Å². The predicted molar refractivity (Wildman–Crippen MR) is 63.1 cm³/mol. The van der Waals surface area contributed by atoms with Gasteiger partial charge < -0.3 is 10.2 Å². The molecule has 1 unspecified atom stereocenters. The molecule has 3 heterocycles. The van der Waals surface area contributed by atoms with Gasteiger partial charge in [-0.25, -0.2) is 0 Å². The van der Waals surface area contributed by atoms with Crippen LogP contribution >= 0.6 is 0 Å². The van der Waals surface area contributed by atoms with Crippen molar-refractivity contribution in [3.63, 3.8) is 0 Å². The second kappa shape index (κ2) is 4.36. The summed E-state index contributed by atoms with van der Waals surface area (Å²) < 4.78 is 0. The van der Waals surface area contributed by atoms with Crippen molar-refractivity contribution in [2.24, 2.45) is 11.8 Å². The number of carbonyl (C=O) groups is 1. The van der Waals surface area contributed by atoms with Crippen LogP contribution in [0.3, 0.4) is 0 Å². The van der Waals surface area contributed by atoms with Crippen LogP contribution in [0.4, 0.5) is 0 Å². The molecule has 1 saturated carbocycles. The van der Waals surface area contributed by atoms with Crippen molar-refractivity contribution in [2.75, 3.05) is 19.6 Å². The average molecular weight is 222 g/mol. The van der Waals surface area contributed by atoms with Gasteiger partial charge in [0, 0.05) is 18.5 Å². The standard InChI is InChI=1S/C13H22N2O/c16-13(11-3-1-2-4-11)14-12-9-15-7-5-10(12)6-8-15/h10-12H,1-9H2,(H,14,16). The Morgan fingerprint density at radius 1 is 1.06 bits per heavy atom. The maximum Gasteiger partial charge on any atom is 0.223 e. The van der Waals surface area contributed by atoms with E-state index in [4.69, 9.17) is 0 Å². The molecule has 1 N–H and O–H groups in total. The van der Waals surface area contributed by atoms with Gasteiger partial charge in [0.05, 0.1) is 0 Å². The molecule has 0 radical (unpaired) electrons. The van der Waals surface area contributed by atoms with E-state index in [1.165, 1.54) is 38.8 Å². The lowest BCUT2D eigenvalue weighted by Gasteiger charge is -2.45. The first-order valence-corrected chi connectivity index (χ1v) is 6.85. The molecule has 0 aromatic carbocycles. The third-order valence-corrected chi connectivity index (χ3v) is 4.71. The average Bonchev–Trinajstić information content (AvgIpc) is 2.84. The number of nitrogens with one attached hydrogen (secondary N) is 1. The molecule has 2 bridgehead atoms. The molecule has 3 heteroatoms. The number of rotatable bonds is 2. The van der Waals surface area contributed by atoms with Gasteiger partial charge in [0.15, 0.2) is 0 Å². The monoisotopic (exact) mass is 222 g/mol. The van der Waals surface area contributed by atoms with Crippen LogP contribution in [0.1, 0.15) is 38.5 Å². The Morgan fingerprint density at radius 2 is 1.75 bits per heavy atom. The van der Waals surface area contributed by atoms with Crippen LogP contribution in [0.15, 0.2) is 0 Å². The van der Waals surface area contributed by atoms with Crippen LogP contribution in [-0.2, 0) is 4.79 Å². The minimum Gasteiger partial charge on any atom is -0.352 e. The molecule has 3 aliphatic heterocycles. The first-order chi connectivity index (χ1) is 7.83. The van der Waals surface area contributed by atoms with E-state index in [-0.39, 0.29) is 0 Å². The molecule has 0 aromatic heterocycles. The van der Waals surface area contributed by atoms with Crippen molar-refractivity contribution >= 4 is 5.91 Å². The molecule has 1 amide bonds. The van der Waals surface area contributed by atoms with E-state index in [0.29, 0.717) is 17.9 Å². The molecule has 0 aromatic rings. The zero-order valence-corrected chi connectivity index (χ0v) is 9.95. The lowest BCUT2D eigenvalue weighted by Crippen LogP contribution is -2.57. The number of nitrogens with zero attached hydrogens (tertiary/aromatic N) is 1. The molecule has 90 valence electrons. The van der Waals surface area contributed by atoms with E-state index in [2.05, 4.69) is 10.2 Å². The Balaban J connectivity index is 1.56. The fourth-order valence-corrected chi connectivity index (χ4v) is 3.62.